The van der Waals surface area contributed by atoms with Gasteiger partial charge in [-0.3, -0.25) is 5.43 Å². The molecule has 1 atom stereocenters. The molecule has 7 heteroatoms. The first-order valence-electron chi connectivity index (χ1n) is 5.13. The van der Waals surface area contributed by atoms with Gasteiger partial charge in [0.1, 0.15) is 0 Å². The van der Waals surface area contributed by atoms with Crippen molar-refractivity contribution in [2.24, 2.45) is 5.84 Å². The van der Waals surface area contributed by atoms with Gasteiger partial charge in [0.25, 0.3) is 0 Å². The fraction of sp³-hybridized carbons (Fsp3) is 0.667. The van der Waals surface area contributed by atoms with Crippen LogP contribution in [0, 0.1) is 0 Å². The summed E-state index contributed by atoms with van der Waals surface area (Å²) in [5.41, 5.74) is 2.45. The van der Waals surface area contributed by atoms with E-state index in [1.54, 1.807) is 11.8 Å². The van der Waals surface area contributed by atoms with Crippen LogP contribution < -0.4 is 16.2 Å². The smallest absolute Gasteiger partial charge is 0.242 e. The first-order chi connectivity index (χ1) is 7.56. The standard InChI is InChI=1S/C9H18N6S/c1-5-6(2)16-9-12-7(14-10)11-8(13-9)15(3)4/h6H,5,10H2,1-4H3,(H,11,12,13,14). The first-order valence-corrected chi connectivity index (χ1v) is 6.01. The molecule has 0 spiro atoms. The summed E-state index contributed by atoms with van der Waals surface area (Å²) in [6, 6.07) is 0. The van der Waals surface area contributed by atoms with Gasteiger partial charge < -0.3 is 4.90 Å². The van der Waals surface area contributed by atoms with E-state index in [1.165, 1.54) is 0 Å². The summed E-state index contributed by atoms with van der Waals surface area (Å²) in [7, 11) is 3.76. The van der Waals surface area contributed by atoms with Crippen molar-refractivity contribution in [2.45, 2.75) is 30.7 Å². The van der Waals surface area contributed by atoms with E-state index in [4.69, 9.17) is 5.84 Å². The van der Waals surface area contributed by atoms with Gasteiger partial charge in [-0.15, -0.1) is 0 Å². The highest BCUT2D eigenvalue weighted by molar-refractivity contribution is 7.99. The maximum Gasteiger partial charge on any atom is 0.242 e. The van der Waals surface area contributed by atoms with E-state index in [0.717, 1.165) is 6.42 Å². The predicted octanol–water partition coefficient (Wildman–Crippen LogP) is 1.11. The molecular weight excluding hydrogens is 224 g/mol. The summed E-state index contributed by atoms with van der Waals surface area (Å²) in [6.45, 7) is 4.27. The van der Waals surface area contributed by atoms with Crippen LogP contribution in [0.3, 0.4) is 0 Å². The Kier molecular flexibility index (Phi) is 4.75. The molecular formula is C9H18N6S. The lowest BCUT2D eigenvalue weighted by molar-refractivity contribution is 0.847. The Balaban J connectivity index is 2.95. The third-order valence-electron chi connectivity index (χ3n) is 2.01. The minimum Gasteiger partial charge on any atom is -0.347 e. The summed E-state index contributed by atoms with van der Waals surface area (Å²) < 4.78 is 0. The minimum absolute atomic E-state index is 0.393. The Morgan fingerprint density at radius 2 is 2.06 bits per heavy atom. The van der Waals surface area contributed by atoms with Crippen molar-refractivity contribution in [1.82, 2.24) is 15.0 Å². The number of rotatable bonds is 5. The lowest BCUT2D eigenvalue weighted by Gasteiger charge is -2.13. The Bertz CT molecular complexity index is 343. The number of aromatic nitrogens is 3. The first kappa shape index (κ1) is 13.0. The van der Waals surface area contributed by atoms with Crippen LogP contribution in [0.15, 0.2) is 5.16 Å². The lowest BCUT2D eigenvalue weighted by Crippen LogP contribution is -2.18. The SMILES string of the molecule is CCC(C)Sc1nc(NN)nc(N(C)C)n1. The summed E-state index contributed by atoms with van der Waals surface area (Å²) in [6.07, 6.45) is 1.07. The Labute approximate surface area is 100 Å². The van der Waals surface area contributed by atoms with Crippen molar-refractivity contribution in [3.8, 4) is 0 Å². The monoisotopic (exact) mass is 242 g/mol. The van der Waals surface area contributed by atoms with E-state index in [-0.39, 0.29) is 0 Å². The average molecular weight is 242 g/mol. The number of anilines is 2. The molecule has 0 saturated carbocycles. The van der Waals surface area contributed by atoms with Gasteiger partial charge >= 0.3 is 0 Å². The Morgan fingerprint density at radius 3 is 2.56 bits per heavy atom. The van der Waals surface area contributed by atoms with E-state index in [9.17, 15) is 0 Å². The number of nitrogens with two attached hydrogens (primary N) is 1. The topological polar surface area (TPSA) is 80.0 Å². The summed E-state index contributed by atoms with van der Waals surface area (Å²) >= 11 is 1.62. The molecule has 6 nitrogen and oxygen atoms in total. The molecule has 1 aromatic rings. The number of hydrogen-bond acceptors (Lipinski definition) is 7. The van der Waals surface area contributed by atoms with Crippen LogP contribution in [0.4, 0.5) is 11.9 Å². The minimum atomic E-state index is 0.393. The molecule has 1 rings (SSSR count). The molecule has 3 N–H and O–H groups in total. The van der Waals surface area contributed by atoms with Crippen molar-refractivity contribution in [1.29, 1.82) is 0 Å². The predicted molar refractivity (Wildman–Crippen MR) is 67.6 cm³/mol. The molecule has 0 bridgehead atoms. The zero-order valence-electron chi connectivity index (χ0n) is 10.1. The number of hydrogen-bond donors (Lipinski definition) is 2. The average Bonchev–Trinajstić information content (AvgIpc) is 2.28. The van der Waals surface area contributed by atoms with E-state index in [2.05, 4.69) is 34.2 Å². The number of thioether (sulfide) groups is 1. The molecule has 1 aromatic heterocycles. The maximum atomic E-state index is 5.32. The van der Waals surface area contributed by atoms with Gasteiger partial charge in [0, 0.05) is 19.3 Å². The van der Waals surface area contributed by atoms with Crippen molar-refractivity contribution in [3.63, 3.8) is 0 Å². The Hall–Kier alpha value is -1.08. The largest absolute Gasteiger partial charge is 0.347 e. The zero-order valence-corrected chi connectivity index (χ0v) is 10.9. The molecule has 0 fully saturated rings. The van der Waals surface area contributed by atoms with Crippen LogP contribution in [-0.2, 0) is 0 Å². The van der Waals surface area contributed by atoms with E-state index in [1.807, 2.05) is 19.0 Å². The maximum absolute atomic E-state index is 5.32. The zero-order chi connectivity index (χ0) is 12.1. The van der Waals surface area contributed by atoms with Crippen molar-refractivity contribution in [3.05, 3.63) is 0 Å². The summed E-state index contributed by atoms with van der Waals surface area (Å²) in [5.74, 6) is 6.32. The normalized spacial score (nSPS) is 12.3. The second-order valence-electron chi connectivity index (χ2n) is 3.62. The fourth-order valence-electron chi connectivity index (χ4n) is 0.926. The van der Waals surface area contributed by atoms with Crippen LogP contribution in [0.1, 0.15) is 20.3 Å². The van der Waals surface area contributed by atoms with Gasteiger partial charge in [0.15, 0.2) is 5.16 Å². The van der Waals surface area contributed by atoms with Crippen molar-refractivity contribution < 1.29 is 0 Å². The highest BCUT2D eigenvalue weighted by Crippen LogP contribution is 2.23. The van der Waals surface area contributed by atoms with Crippen LogP contribution >= 0.6 is 11.8 Å². The van der Waals surface area contributed by atoms with E-state index >= 15 is 0 Å². The van der Waals surface area contributed by atoms with E-state index < -0.39 is 0 Å². The molecule has 1 unspecified atom stereocenters. The summed E-state index contributed by atoms with van der Waals surface area (Å²) in [4.78, 5) is 14.5. The molecule has 0 aliphatic heterocycles. The molecule has 0 amide bonds. The lowest BCUT2D eigenvalue weighted by atomic mass is 10.4. The molecule has 0 aliphatic carbocycles. The van der Waals surface area contributed by atoms with Crippen molar-refractivity contribution >= 4 is 23.7 Å². The summed E-state index contributed by atoms with van der Waals surface area (Å²) in [5, 5.41) is 1.17. The van der Waals surface area contributed by atoms with Gasteiger partial charge in [-0.1, -0.05) is 25.6 Å². The molecule has 16 heavy (non-hydrogen) atoms. The van der Waals surface area contributed by atoms with Crippen LogP contribution in [-0.4, -0.2) is 34.3 Å². The van der Waals surface area contributed by atoms with Gasteiger partial charge in [0.2, 0.25) is 11.9 Å². The molecule has 0 aliphatic rings. The van der Waals surface area contributed by atoms with Crippen LogP contribution in [0.2, 0.25) is 0 Å². The highest BCUT2D eigenvalue weighted by atomic mass is 32.2. The second kappa shape index (κ2) is 5.86. The molecule has 1 heterocycles. The highest BCUT2D eigenvalue weighted by Gasteiger charge is 2.10. The van der Waals surface area contributed by atoms with Gasteiger partial charge in [0.05, 0.1) is 0 Å². The molecule has 0 saturated heterocycles. The second-order valence-corrected chi connectivity index (χ2v) is 5.02. The third-order valence-corrected chi connectivity index (χ3v) is 3.14. The molecule has 0 radical (unpaired) electrons. The molecule has 0 aromatic carbocycles. The quantitative estimate of drug-likeness (QED) is 0.455. The van der Waals surface area contributed by atoms with Crippen molar-refractivity contribution in [2.75, 3.05) is 24.4 Å². The number of nitrogen functional groups attached to an aromatic ring is 1. The van der Waals surface area contributed by atoms with Gasteiger partial charge in [-0.05, 0) is 6.42 Å². The Morgan fingerprint density at radius 1 is 1.38 bits per heavy atom. The van der Waals surface area contributed by atoms with Crippen LogP contribution in [0.5, 0.6) is 0 Å². The van der Waals surface area contributed by atoms with Gasteiger partial charge in [-0.2, -0.15) is 15.0 Å². The van der Waals surface area contributed by atoms with Gasteiger partial charge in [-0.25, -0.2) is 5.84 Å². The fourth-order valence-corrected chi connectivity index (χ4v) is 1.73. The molecule has 90 valence electrons. The number of nitrogens with one attached hydrogen (secondary N) is 1. The van der Waals surface area contributed by atoms with Crippen LogP contribution in [0.25, 0.3) is 0 Å². The number of hydrazine groups is 1. The van der Waals surface area contributed by atoms with E-state index in [0.29, 0.717) is 22.3 Å². The number of nitrogens with zero attached hydrogens (tertiary/aromatic N) is 4. The third kappa shape index (κ3) is 3.49.